The van der Waals surface area contributed by atoms with Gasteiger partial charge >= 0.3 is 0 Å². The molecule has 1 aliphatic heterocycles. The van der Waals surface area contributed by atoms with E-state index < -0.39 is 0 Å². The first-order chi connectivity index (χ1) is 14.6. The Morgan fingerprint density at radius 3 is 2.60 bits per heavy atom. The van der Waals surface area contributed by atoms with E-state index >= 15 is 0 Å². The number of allylic oxidation sites excluding steroid dienone is 5. The molecule has 0 radical (unpaired) electrons. The van der Waals surface area contributed by atoms with Gasteiger partial charge in [0.25, 0.3) is 0 Å². The van der Waals surface area contributed by atoms with Gasteiger partial charge in [-0.25, -0.2) is 0 Å². The van der Waals surface area contributed by atoms with Crippen molar-refractivity contribution in [1.82, 2.24) is 10.2 Å². The third-order valence-corrected chi connectivity index (χ3v) is 7.10. The molecule has 0 aromatic heterocycles. The standard InChI is InChI=1S/C26H42N2O2/c1-3-25(30-20-22-16-18-28(2)19-17-22)11-7-8-21-12-14-23(15-13-21)26(29)27-24-9-5-4-6-10-24/h3,7,11-12,22-24H,4-6,8-10,13-20H2,1-2H3,(H,27,29)/b11-7-,25-3+. The van der Waals surface area contributed by atoms with Crippen LogP contribution in [0.5, 0.6) is 0 Å². The fraction of sp³-hybridized carbons (Fsp3) is 0.731. The van der Waals surface area contributed by atoms with Crippen molar-refractivity contribution in [3.63, 3.8) is 0 Å². The Morgan fingerprint density at radius 1 is 1.17 bits per heavy atom. The number of nitrogens with zero attached hydrogens (tertiary/aromatic N) is 1. The van der Waals surface area contributed by atoms with Crippen molar-refractivity contribution < 1.29 is 9.53 Å². The number of amides is 1. The van der Waals surface area contributed by atoms with Crippen molar-refractivity contribution >= 4 is 5.91 Å². The number of nitrogens with one attached hydrogen (secondary N) is 1. The second kappa shape index (κ2) is 12.3. The zero-order valence-corrected chi connectivity index (χ0v) is 19.2. The number of likely N-dealkylation sites (tertiary alicyclic amines) is 1. The lowest BCUT2D eigenvalue weighted by atomic mass is 9.87. The van der Waals surface area contributed by atoms with Gasteiger partial charge < -0.3 is 15.0 Å². The Morgan fingerprint density at radius 2 is 1.93 bits per heavy atom. The fourth-order valence-corrected chi connectivity index (χ4v) is 4.87. The van der Waals surface area contributed by atoms with E-state index in [0.717, 1.165) is 50.9 Å². The zero-order valence-electron chi connectivity index (χ0n) is 19.2. The molecule has 1 N–H and O–H groups in total. The first-order valence-electron chi connectivity index (χ1n) is 12.3. The first kappa shape index (κ1) is 23.1. The summed E-state index contributed by atoms with van der Waals surface area (Å²) in [5.74, 6) is 2.12. The predicted octanol–water partition coefficient (Wildman–Crippen LogP) is 5.37. The summed E-state index contributed by atoms with van der Waals surface area (Å²) in [6.07, 6.45) is 21.2. The highest BCUT2D eigenvalue weighted by molar-refractivity contribution is 5.79. The lowest BCUT2D eigenvalue weighted by Gasteiger charge is -2.28. The summed E-state index contributed by atoms with van der Waals surface area (Å²) in [7, 11) is 2.20. The van der Waals surface area contributed by atoms with Crippen molar-refractivity contribution in [2.45, 2.75) is 83.6 Å². The minimum absolute atomic E-state index is 0.170. The van der Waals surface area contributed by atoms with Gasteiger partial charge in [-0.05, 0) is 96.5 Å². The minimum Gasteiger partial charge on any atom is -0.494 e. The maximum atomic E-state index is 12.6. The lowest BCUT2D eigenvalue weighted by Crippen LogP contribution is -2.40. The molecule has 1 amide bonds. The number of carbonyl (C=O) groups excluding carboxylic acids is 1. The van der Waals surface area contributed by atoms with Gasteiger partial charge in [-0.2, -0.15) is 0 Å². The maximum absolute atomic E-state index is 12.6. The van der Waals surface area contributed by atoms with Crippen molar-refractivity contribution in [1.29, 1.82) is 0 Å². The van der Waals surface area contributed by atoms with Gasteiger partial charge in [-0.1, -0.05) is 37.0 Å². The highest BCUT2D eigenvalue weighted by Crippen LogP contribution is 2.27. The molecule has 2 aliphatic carbocycles. The molecule has 0 spiro atoms. The van der Waals surface area contributed by atoms with Crippen molar-refractivity contribution in [2.24, 2.45) is 11.8 Å². The number of hydrogen-bond acceptors (Lipinski definition) is 3. The van der Waals surface area contributed by atoms with Crippen LogP contribution in [0, 0.1) is 11.8 Å². The second-order valence-electron chi connectivity index (χ2n) is 9.53. The molecule has 1 saturated heterocycles. The number of rotatable bonds is 8. The van der Waals surface area contributed by atoms with Crippen LogP contribution in [0.3, 0.4) is 0 Å². The van der Waals surface area contributed by atoms with Crippen LogP contribution in [0.4, 0.5) is 0 Å². The summed E-state index contributed by atoms with van der Waals surface area (Å²) < 4.78 is 6.06. The Balaban J connectivity index is 1.35. The molecule has 2 fully saturated rings. The van der Waals surface area contributed by atoms with Crippen molar-refractivity contribution in [3.8, 4) is 0 Å². The molecule has 3 rings (SSSR count). The Hall–Kier alpha value is -1.55. The van der Waals surface area contributed by atoms with Gasteiger partial charge in [0.2, 0.25) is 5.91 Å². The minimum atomic E-state index is 0.170. The van der Waals surface area contributed by atoms with Gasteiger partial charge in [0.05, 0.1) is 6.61 Å². The zero-order chi connectivity index (χ0) is 21.2. The smallest absolute Gasteiger partial charge is 0.223 e. The van der Waals surface area contributed by atoms with E-state index in [0.29, 0.717) is 12.0 Å². The first-order valence-corrected chi connectivity index (χ1v) is 12.3. The van der Waals surface area contributed by atoms with Crippen LogP contribution in [0.25, 0.3) is 0 Å². The molecular formula is C26H42N2O2. The Labute approximate surface area is 183 Å². The van der Waals surface area contributed by atoms with Crippen molar-refractivity contribution in [2.75, 3.05) is 26.7 Å². The molecule has 4 heteroatoms. The molecule has 1 atom stereocenters. The van der Waals surface area contributed by atoms with E-state index in [1.165, 1.54) is 50.8 Å². The average Bonchev–Trinajstić information content (AvgIpc) is 2.78. The average molecular weight is 415 g/mol. The molecule has 168 valence electrons. The second-order valence-corrected chi connectivity index (χ2v) is 9.53. The largest absolute Gasteiger partial charge is 0.494 e. The number of hydrogen-bond donors (Lipinski definition) is 1. The normalized spacial score (nSPS) is 25.3. The molecule has 0 aromatic carbocycles. The van der Waals surface area contributed by atoms with Gasteiger partial charge in [0.1, 0.15) is 5.76 Å². The van der Waals surface area contributed by atoms with Gasteiger partial charge in [0, 0.05) is 12.0 Å². The summed E-state index contributed by atoms with van der Waals surface area (Å²) >= 11 is 0. The summed E-state index contributed by atoms with van der Waals surface area (Å²) in [6.45, 7) is 5.24. The lowest BCUT2D eigenvalue weighted by molar-refractivity contribution is -0.126. The van der Waals surface area contributed by atoms with E-state index in [9.17, 15) is 4.79 Å². The molecule has 4 nitrogen and oxygen atoms in total. The number of ether oxygens (including phenoxy) is 1. The van der Waals surface area contributed by atoms with Gasteiger partial charge in [-0.15, -0.1) is 0 Å². The van der Waals surface area contributed by atoms with E-state index in [2.05, 4.69) is 41.6 Å². The highest BCUT2D eigenvalue weighted by atomic mass is 16.5. The number of piperidine rings is 1. The van der Waals surface area contributed by atoms with Crippen molar-refractivity contribution in [3.05, 3.63) is 35.6 Å². The fourth-order valence-electron chi connectivity index (χ4n) is 4.87. The molecule has 0 bridgehead atoms. The summed E-state index contributed by atoms with van der Waals surface area (Å²) in [5, 5.41) is 3.30. The van der Waals surface area contributed by atoms with Crippen LogP contribution in [-0.2, 0) is 9.53 Å². The van der Waals surface area contributed by atoms with Crippen LogP contribution in [0.15, 0.2) is 35.6 Å². The van der Waals surface area contributed by atoms with E-state index in [1.54, 1.807) is 0 Å². The number of carbonyl (C=O) groups is 1. The van der Waals surface area contributed by atoms with Crippen LogP contribution >= 0.6 is 0 Å². The van der Waals surface area contributed by atoms with E-state index in [4.69, 9.17) is 4.74 Å². The van der Waals surface area contributed by atoms with Crippen LogP contribution < -0.4 is 5.32 Å². The van der Waals surface area contributed by atoms with E-state index in [-0.39, 0.29) is 11.8 Å². The monoisotopic (exact) mass is 414 g/mol. The SMILES string of the molecule is C/C=C(\C=C/CC1=CCC(C(=O)NC2CCCCC2)CC1)OCC1CCN(C)CC1. The van der Waals surface area contributed by atoms with E-state index in [1.807, 2.05) is 6.92 Å². The van der Waals surface area contributed by atoms with Crippen LogP contribution in [-0.4, -0.2) is 43.6 Å². The highest BCUT2D eigenvalue weighted by Gasteiger charge is 2.24. The Bertz CT molecular complexity index is 623. The summed E-state index contributed by atoms with van der Waals surface area (Å²) in [4.78, 5) is 15.0. The molecule has 1 saturated carbocycles. The van der Waals surface area contributed by atoms with Crippen LogP contribution in [0.2, 0.25) is 0 Å². The molecule has 1 heterocycles. The van der Waals surface area contributed by atoms with Crippen LogP contribution in [0.1, 0.15) is 77.6 Å². The third kappa shape index (κ3) is 7.61. The maximum Gasteiger partial charge on any atom is 0.223 e. The predicted molar refractivity (Wildman–Crippen MR) is 124 cm³/mol. The molecule has 0 aromatic rings. The quantitative estimate of drug-likeness (QED) is 0.330. The summed E-state index contributed by atoms with van der Waals surface area (Å²) in [5.41, 5.74) is 1.46. The summed E-state index contributed by atoms with van der Waals surface area (Å²) in [6, 6.07) is 0.424. The Kier molecular flexibility index (Phi) is 9.51. The topological polar surface area (TPSA) is 41.6 Å². The molecule has 30 heavy (non-hydrogen) atoms. The third-order valence-electron chi connectivity index (χ3n) is 7.10. The van der Waals surface area contributed by atoms with Gasteiger partial charge in [0.15, 0.2) is 0 Å². The molecular weight excluding hydrogens is 372 g/mol. The molecule has 1 unspecified atom stereocenters. The van der Waals surface area contributed by atoms with Gasteiger partial charge in [-0.3, -0.25) is 4.79 Å². The molecule has 3 aliphatic rings.